The second-order valence-corrected chi connectivity index (χ2v) is 7.38. The largest absolute Gasteiger partial charge is 0.508 e. The van der Waals surface area contributed by atoms with Gasteiger partial charge in [0, 0.05) is 29.9 Å². The summed E-state index contributed by atoms with van der Waals surface area (Å²) in [5.41, 5.74) is 1.35. The number of hydrogen-bond acceptors (Lipinski definition) is 5. The number of hydrogen-bond donors (Lipinski definition) is 4. The number of nitrogens with one attached hydrogen (secondary N) is 3. The molecule has 3 rings (SSSR count). The molecular weight excluding hydrogens is 402 g/mol. The van der Waals surface area contributed by atoms with Crippen molar-refractivity contribution in [1.82, 2.24) is 10.6 Å². The molecule has 0 saturated carbocycles. The van der Waals surface area contributed by atoms with Crippen LogP contribution in [0.5, 0.6) is 5.75 Å². The Morgan fingerprint density at radius 1 is 0.800 bits per heavy atom. The van der Waals surface area contributed by atoms with Crippen LogP contribution >= 0.6 is 11.3 Å². The van der Waals surface area contributed by atoms with Gasteiger partial charge >= 0.3 is 0 Å². The molecule has 0 atom stereocenters. The summed E-state index contributed by atoms with van der Waals surface area (Å²) in [4.78, 5) is 37.0. The third-order valence-corrected chi connectivity index (χ3v) is 5.03. The highest BCUT2D eigenvalue weighted by atomic mass is 32.1. The van der Waals surface area contributed by atoms with E-state index in [4.69, 9.17) is 0 Å². The fraction of sp³-hybridized carbons (Fsp3) is 0.136. The first kappa shape index (κ1) is 21.1. The van der Waals surface area contributed by atoms with Crippen molar-refractivity contribution in [3.05, 3.63) is 82.0 Å². The molecule has 0 aliphatic rings. The van der Waals surface area contributed by atoms with Crippen molar-refractivity contribution in [3.63, 3.8) is 0 Å². The van der Waals surface area contributed by atoms with Crippen LogP contribution < -0.4 is 16.0 Å². The number of carbonyl (C=O) groups excluding carboxylic acids is 3. The van der Waals surface area contributed by atoms with E-state index in [-0.39, 0.29) is 23.5 Å². The number of aromatic hydroxyl groups is 1. The molecule has 0 fully saturated rings. The van der Waals surface area contributed by atoms with Crippen molar-refractivity contribution in [2.24, 2.45) is 0 Å². The zero-order chi connectivity index (χ0) is 21.3. The fourth-order valence-electron chi connectivity index (χ4n) is 2.68. The minimum atomic E-state index is -0.286. The molecule has 3 amide bonds. The minimum Gasteiger partial charge on any atom is -0.508 e. The number of anilines is 1. The van der Waals surface area contributed by atoms with Gasteiger partial charge in [0.25, 0.3) is 17.7 Å². The second kappa shape index (κ2) is 10.2. The third-order valence-electron chi connectivity index (χ3n) is 4.16. The molecule has 1 aromatic heterocycles. The van der Waals surface area contributed by atoms with Crippen LogP contribution in [0.4, 0.5) is 5.69 Å². The summed E-state index contributed by atoms with van der Waals surface area (Å²) >= 11 is 1.34. The minimum absolute atomic E-state index is 0.0312. The monoisotopic (exact) mass is 423 g/mol. The van der Waals surface area contributed by atoms with Crippen molar-refractivity contribution in [1.29, 1.82) is 0 Å². The van der Waals surface area contributed by atoms with Gasteiger partial charge in [-0.3, -0.25) is 14.4 Å². The summed E-state index contributed by atoms with van der Waals surface area (Å²) in [6.07, 6.45) is 0.547. The predicted molar refractivity (Wildman–Crippen MR) is 116 cm³/mol. The van der Waals surface area contributed by atoms with E-state index < -0.39 is 0 Å². The normalized spacial score (nSPS) is 10.3. The molecule has 0 saturated heterocycles. The Labute approximate surface area is 177 Å². The molecule has 8 heteroatoms. The summed E-state index contributed by atoms with van der Waals surface area (Å²) < 4.78 is 0. The Morgan fingerprint density at radius 2 is 1.47 bits per heavy atom. The Hall–Kier alpha value is -3.65. The molecule has 0 bridgehead atoms. The van der Waals surface area contributed by atoms with Crippen molar-refractivity contribution in [2.75, 3.05) is 18.4 Å². The maximum atomic E-state index is 12.3. The van der Waals surface area contributed by atoms with Crippen LogP contribution in [0, 0.1) is 0 Å². The molecule has 154 valence electrons. The van der Waals surface area contributed by atoms with Gasteiger partial charge in [-0.2, -0.15) is 0 Å². The van der Waals surface area contributed by atoms with Crippen molar-refractivity contribution in [2.45, 2.75) is 6.42 Å². The maximum Gasteiger partial charge on any atom is 0.265 e. The Balaban J connectivity index is 1.42. The SMILES string of the molecule is O=C(NCCCNC(=O)c1cccc(NC(=O)c2cccs2)c1)c1cccc(O)c1. The predicted octanol–water partition coefficient (Wildman–Crippen LogP) is 3.26. The summed E-state index contributed by atoms with van der Waals surface area (Å²) in [7, 11) is 0. The van der Waals surface area contributed by atoms with Gasteiger partial charge in [0.05, 0.1) is 4.88 Å². The molecule has 0 aliphatic carbocycles. The molecule has 1 heterocycles. The summed E-state index contributed by atoms with van der Waals surface area (Å²) in [5.74, 6) is -0.735. The lowest BCUT2D eigenvalue weighted by Crippen LogP contribution is -2.29. The first-order valence-electron chi connectivity index (χ1n) is 9.33. The lowest BCUT2D eigenvalue weighted by atomic mass is 10.2. The van der Waals surface area contributed by atoms with Crippen molar-refractivity contribution >= 4 is 34.7 Å². The molecule has 30 heavy (non-hydrogen) atoms. The fourth-order valence-corrected chi connectivity index (χ4v) is 3.30. The second-order valence-electron chi connectivity index (χ2n) is 6.43. The van der Waals surface area contributed by atoms with Crippen LogP contribution in [0.15, 0.2) is 66.0 Å². The van der Waals surface area contributed by atoms with Gasteiger partial charge in [-0.05, 0) is 54.3 Å². The number of rotatable bonds is 8. The first-order valence-corrected chi connectivity index (χ1v) is 10.2. The summed E-state index contributed by atoms with van der Waals surface area (Å²) in [5, 5.41) is 19.5. The van der Waals surface area contributed by atoms with E-state index in [0.717, 1.165) is 0 Å². The number of amides is 3. The van der Waals surface area contributed by atoms with E-state index in [1.807, 2.05) is 5.38 Å². The zero-order valence-corrected chi connectivity index (χ0v) is 16.9. The van der Waals surface area contributed by atoms with Crippen LogP contribution in [-0.4, -0.2) is 35.9 Å². The molecule has 3 aromatic rings. The average molecular weight is 423 g/mol. The van der Waals surface area contributed by atoms with Crippen LogP contribution in [-0.2, 0) is 0 Å². The number of thiophene rings is 1. The van der Waals surface area contributed by atoms with E-state index in [1.165, 1.54) is 23.5 Å². The van der Waals surface area contributed by atoms with Gasteiger partial charge in [-0.15, -0.1) is 11.3 Å². The van der Waals surface area contributed by atoms with Gasteiger partial charge in [0.2, 0.25) is 0 Å². The van der Waals surface area contributed by atoms with E-state index in [1.54, 1.807) is 48.5 Å². The maximum absolute atomic E-state index is 12.3. The number of benzene rings is 2. The van der Waals surface area contributed by atoms with E-state index in [9.17, 15) is 19.5 Å². The van der Waals surface area contributed by atoms with E-state index in [0.29, 0.717) is 41.2 Å². The number of phenols is 1. The van der Waals surface area contributed by atoms with Gasteiger partial charge in [0.1, 0.15) is 5.75 Å². The van der Waals surface area contributed by atoms with Crippen LogP contribution in [0.25, 0.3) is 0 Å². The summed E-state index contributed by atoms with van der Waals surface area (Å²) in [6, 6.07) is 16.3. The number of phenolic OH excluding ortho intramolecular Hbond substituents is 1. The molecule has 2 aromatic carbocycles. The van der Waals surface area contributed by atoms with Gasteiger partial charge < -0.3 is 21.1 Å². The Bertz CT molecular complexity index is 1030. The van der Waals surface area contributed by atoms with Crippen molar-refractivity contribution in [3.8, 4) is 5.75 Å². The molecule has 0 radical (unpaired) electrons. The van der Waals surface area contributed by atoms with E-state index in [2.05, 4.69) is 16.0 Å². The third kappa shape index (κ3) is 5.92. The zero-order valence-electron chi connectivity index (χ0n) is 16.1. The van der Waals surface area contributed by atoms with Crippen LogP contribution in [0.3, 0.4) is 0 Å². The molecule has 7 nitrogen and oxygen atoms in total. The molecule has 4 N–H and O–H groups in total. The Morgan fingerprint density at radius 3 is 2.10 bits per heavy atom. The van der Waals surface area contributed by atoms with Gasteiger partial charge in [-0.1, -0.05) is 18.2 Å². The topological polar surface area (TPSA) is 108 Å². The Kier molecular flexibility index (Phi) is 7.18. The smallest absolute Gasteiger partial charge is 0.265 e. The highest BCUT2D eigenvalue weighted by Crippen LogP contribution is 2.15. The average Bonchev–Trinajstić information content (AvgIpc) is 3.28. The van der Waals surface area contributed by atoms with Crippen LogP contribution in [0.2, 0.25) is 0 Å². The number of carbonyl (C=O) groups is 3. The lowest BCUT2D eigenvalue weighted by Gasteiger charge is -2.09. The van der Waals surface area contributed by atoms with Gasteiger partial charge in [0.15, 0.2) is 0 Å². The highest BCUT2D eigenvalue weighted by molar-refractivity contribution is 7.12. The summed E-state index contributed by atoms with van der Waals surface area (Å²) in [6.45, 7) is 0.761. The lowest BCUT2D eigenvalue weighted by molar-refractivity contribution is 0.0949. The molecule has 0 aliphatic heterocycles. The molecule has 0 unspecified atom stereocenters. The van der Waals surface area contributed by atoms with E-state index >= 15 is 0 Å². The van der Waals surface area contributed by atoms with Crippen molar-refractivity contribution < 1.29 is 19.5 Å². The van der Waals surface area contributed by atoms with Crippen LogP contribution in [0.1, 0.15) is 36.8 Å². The highest BCUT2D eigenvalue weighted by Gasteiger charge is 2.10. The first-order chi connectivity index (χ1) is 14.5. The molecule has 0 spiro atoms. The molecular formula is C22H21N3O4S. The standard InChI is InChI=1S/C22H21N3O4S/c26-18-8-2-6-16(14-18)21(28)24-11-4-10-23-20(27)15-5-1-7-17(13-15)25-22(29)19-9-3-12-30-19/h1-3,5-9,12-14,26H,4,10-11H2,(H,23,27)(H,24,28)(H,25,29). The van der Waals surface area contributed by atoms with Gasteiger partial charge in [-0.25, -0.2) is 0 Å². The quantitative estimate of drug-likeness (QED) is 0.417.